The number of rotatable bonds is 13. The van der Waals surface area contributed by atoms with Crippen molar-refractivity contribution in [2.24, 2.45) is 0 Å². The summed E-state index contributed by atoms with van der Waals surface area (Å²) in [4.78, 5) is 31.6. The van der Waals surface area contributed by atoms with Crippen LogP contribution in [0.25, 0.3) is 0 Å². The van der Waals surface area contributed by atoms with Crippen molar-refractivity contribution in [3.63, 3.8) is 0 Å². The molecule has 1 heterocycles. The molecule has 1 unspecified atom stereocenters. The molecular formula is C32H38FN3O5. The van der Waals surface area contributed by atoms with E-state index in [-0.39, 0.29) is 30.6 Å². The first kappa shape index (κ1) is 30.0. The van der Waals surface area contributed by atoms with Gasteiger partial charge < -0.3 is 24.4 Å². The maximum Gasteiger partial charge on any atom is 0.243 e. The molecule has 0 bridgehead atoms. The van der Waals surface area contributed by atoms with Gasteiger partial charge in [-0.05, 0) is 41.0 Å². The Labute approximate surface area is 241 Å². The number of methoxy groups -OCH3 is 2. The summed E-state index contributed by atoms with van der Waals surface area (Å²) in [5, 5.41) is 3.07. The molecule has 1 saturated heterocycles. The number of ether oxygens (including phenoxy) is 3. The van der Waals surface area contributed by atoms with Crippen molar-refractivity contribution in [3.05, 3.63) is 95.3 Å². The first-order chi connectivity index (χ1) is 20.0. The molecule has 1 atom stereocenters. The van der Waals surface area contributed by atoms with Gasteiger partial charge in [0.1, 0.15) is 11.9 Å². The lowest BCUT2D eigenvalue weighted by Crippen LogP contribution is -2.52. The molecule has 1 N–H and O–H groups in total. The molecular weight excluding hydrogens is 525 g/mol. The molecule has 8 nitrogen and oxygen atoms in total. The summed E-state index contributed by atoms with van der Waals surface area (Å²) in [5.41, 5.74) is 2.39. The van der Waals surface area contributed by atoms with Crippen LogP contribution in [0.15, 0.2) is 72.8 Å². The van der Waals surface area contributed by atoms with Crippen LogP contribution in [0, 0.1) is 5.82 Å². The number of carbonyl (C=O) groups is 2. The van der Waals surface area contributed by atoms with Gasteiger partial charge >= 0.3 is 0 Å². The molecule has 0 spiro atoms. The fourth-order valence-electron chi connectivity index (χ4n) is 4.89. The smallest absolute Gasteiger partial charge is 0.243 e. The van der Waals surface area contributed by atoms with E-state index in [1.165, 1.54) is 12.1 Å². The lowest BCUT2D eigenvalue weighted by atomic mass is 10.0. The average molecular weight is 564 g/mol. The van der Waals surface area contributed by atoms with Crippen LogP contribution in [0.5, 0.6) is 11.5 Å². The van der Waals surface area contributed by atoms with Crippen molar-refractivity contribution in [1.29, 1.82) is 0 Å². The number of carbonyl (C=O) groups excluding carboxylic acids is 2. The lowest BCUT2D eigenvalue weighted by Gasteiger charge is -2.32. The van der Waals surface area contributed by atoms with Crippen LogP contribution in [0.2, 0.25) is 0 Å². The van der Waals surface area contributed by atoms with Gasteiger partial charge in [0.25, 0.3) is 0 Å². The van der Waals surface area contributed by atoms with E-state index in [0.717, 1.165) is 29.8 Å². The summed E-state index contributed by atoms with van der Waals surface area (Å²) < 4.78 is 29.9. The van der Waals surface area contributed by atoms with Crippen molar-refractivity contribution >= 4 is 11.8 Å². The SMILES string of the molecule is COc1ccc(CC(=O)N(Cc2ccc(F)cc2)C(Cc2ccccc2)C(=O)NCCN2CCOCC2)cc1OC. The van der Waals surface area contributed by atoms with E-state index >= 15 is 0 Å². The molecule has 1 fully saturated rings. The monoisotopic (exact) mass is 563 g/mol. The van der Waals surface area contributed by atoms with E-state index in [4.69, 9.17) is 14.2 Å². The van der Waals surface area contributed by atoms with E-state index in [0.29, 0.717) is 44.2 Å². The Balaban J connectivity index is 1.60. The molecule has 2 amide bonds. The van der Waals surface area contributed by atoms with Gasteiger partial charge in [-0.15, -0.1) is 0 Å². The molecule has 218 valence electrons. The third-order valence-electron chi connectivity index (χ3n) is 7.17. The Kier molecular flexibility index (Phi) is 11.1. The number of hydrogen-bond acceptors (Lipinski definition) is 6. The van der Waals surface area contributed by atoms with E-state index < -0.39 is 6.04 Å². The summed E-state index contributed by atoms with van der Waals surface area (Å²) in [6, 6.07) is 20.2. The summed E-state index contributed by atoms with van der Waals surface area (Å²) in [6.07, 6.45) is 0.386. The third kappa shape index (κ3) is 8.77. The fourth-order valence-corrected chi connectivity index (χ4v) is 4.89. The Bertz CT molecular complexity index is 1270. The van der Waals surface area contributed by atoms with E-state index in [1.807, 2.05) is 36.4 Å². The normalized spacial score (nSPS) is 14.2. The second-order valence-corrected chi connectivity index (χ2v) is 9.96. The zero-order chi connectivity index (χ0) is 29.0. The van der Waals surface area contributed by atoms with Crippen molar-refractivity contribution in [2.45, 2.75) is 25.4 Å². The van der Waals surface area contributed by atoms with Crippen LogP contribution in [0.4, 0.5) is 4.39 Å². The third-order valence-corrected chi connectivity index (χ3v) is 7.17. The van der Waals surface area contributed by atoms with Crippen molar-refractivity contribution in [2.75, 3.05) is 53.6 Å². The molecule has 1 aliphatic rings. The van der Waals surface area contributed by atoms with Gasteiger partial charge in [-0.1, -0.05) is 48.5 Å². The number of nitrogens with one attached hydrogen (secondary N) is 1. The van der Waals surface area contributed by atoms with Crippen LogP contribution < -0.4 is 14.8 Å². The summed E-state index contributed by atoms with van der Waals surface area (Å²) in [7, 11) is 3.10. The van der Waals surface area contributed by atoms with Gasteiger partial charge in [0.2, 0.25) is 11.8 Å². The second kappa shape index (κ2) is 15.2. The van der Waals surface area contributed by atoms with Crippen molar-refractivity contribution in [3.8, 4) is 11.5 Å². The molecule has 0 saturated carbocycles. The van der Waals surface area contributed by atoms with Crippen molar-refractivity contribution in [1.82, 2.24) is 15.1 Å². The predicted octanol–water partition coefficient (Wildman–Crippen LogP) is 3.47. The van der Waals surface area contributed by atoms with Crippen molar-refractivity contribution < 1.29 is 28.2 Å². The summed E-state index contributed by atoms with van der Waals surface area (Å²) in [5.74, 6) is 0.257. The number of amides is 2. The maximum absolute atomic E-state index is 14.0. The highest BCUT2D eigenvalue weighted by molar-refractivity contribution is 5.89. The van der Waals surface area contributed by atoms with Crippen LogP contribution in [-0.2, 0) is 33.7 Å². The first-order valence-electron chi connectivity index (χ1n) is 13.8. The Hall–Kier alpha value is -3.95. The van der Waals surface area contributed by atoms with E-state index in [1.54, 1.807) is 43.4 Å². The number of halogens is 1. The largest absolute Gasteiger partial charge is 0.493 e. The molecule has 3 aromatic rings. The van der Waals surface area contributed by atoms with Crippen LogP contribution in [0.1, 0.15) is 16.7 Å². The van der Waals surface area contributed by atoms with Gasteiger partial charge in [0, 0.05) is 39.1 Å². The van der Waals surface area contributed by atoms with Gasteiger partial charge in [0.05, 0.1) is 33.9 Å². The number of nitrogens with zero attached hydrogens (tertiary/aromatic N) is 2. The molecule has 1 aliphatic heterocycles. The van der Waals surface area contributed by atoms with Crippen LogP contribution >= 0.6 is 0 Å². The minimum atomic E-state index is -0.778. The molecule has 4 rings (SSSR count). The van der Waals surface area contributed by atoms with Crippen LogP contribution in [-0.4, -0.2) is 81.3 Å². The highest BCUT2D eigenvalue weighted by Crippen LogP contribution is 2.28. The second-order valence-electron chi connectivity index (χ2n) is 9.96. The molecule has 3 aromatic carbocycles. The van der Waals surface area contributed by atoms with Gasteiger partial charge in [0.15, 0.2) is 11.5 Å². The standard InChI is InChI=1S/C32H38FN3O5/c1-39-29-13-10-26(21-30(29)40-2)22-31(37)36(23-25-8-11-27(33)12-9-25)28(20-24-6-4-3-5-7-24)32(38)34-14-15-35-16-18-41-19-17-35/h3-13,21,28H,14-20,22-23H2,1-2H3,(H,34,38). The minimum Gasteiger partial charge on any atom is -0.493 e. The average Bonchev–Trinajstić information content (AvgIpc) is 3.00. The fraction of sp³-hybridized carbons (Fsp3) is 0.375. The van der Waals surface area contributed by atoms with E-state index in [2.05, 4.69) is 10.2 Å². The highest BCUT2D eigenvalue weighted by Gasteiger charge is 2.30. The zero-order valence-corrected chi connectivity index (χ0v) is 23.7. The quantitative estimate of drug-likeness (QED) is 0.343. The van der Waals surface area contributed by atoms with E-state index in [9.17, 15) is 14.0 Å². The molecule has 9 heteroatoms. The molecule has 0 aromatic heterocycles. The van der Waals surface area contributed by atoms with Gasteiger partial charge in [-0.3, -0.25) is 14.5 Å². The molecule has 0 radical (unpaired) electrons. The number of morpholine rings is 1. The van der Waals surface area contributed by atoms with Gasteiger partial charge in [-0.25, -0.2) is 4.39 Å². The Morgan fingerprint density at radius 2 is 1.61 bits per heavy atom. The molecule has 41 heavy (non-hydrogen) atoms. The zero-order valence-electron chi connectivity index (χ0n) is 23.7. The van der Waals surface area contributed by atoms with Gasteiger partial charge in [-0.2, -0.15) is 0 Å². The number of benzene rings is 3. The first-order valence-corrected chi connectivity index (χ1v) is 13.8. The topological polar surface area (TPSA) is 80.3 Å². The Morgan fingerprint density at radius 3 is 2.29 bits per heavy atom. The molecule has 0 aliphatic carbocycles. The maximum atomic E-state index is 14.0. The Morgan fingerprint density at radius 1 is 0.927 bits per heavy atom. The summed E-state index contributed by atoms with van der Waals surface area (Å²) >= 11 is 0. The minimum absolute atomic E-state index is 0.0495. The predicted molar refractivity (Wildman–Crippen MR) is 154 cm³/mol. The van der Waals surface area contributed by atoms with Crippen LogP contribution in [0.3, 0.4) is 0 Å². The lowest BCUT2D eigenvalue weighted by molar-refractivity contribution is -0.140. The summed E-state index contributed by atoms with van der Waals surface area (Å²) in [6.45, 7) is 4.32. The highest BCUT2D eigenvalue weighted by atomic mass is 19.1. The number of hydrogen-bond donors (Lipinski definition) is 1.